The maximum Gasteiger partial charge on any atom is 0.119 e. The molecule has 0 radical (unpaired) electrons. The molecule has 0 bridgehead atoms. The van der Waals surface area contributed by atoms with Gasteiger partial charge in [-0.2, -0.15) is 0 Å². The van der Waals surface area contributed by atoms with Crippen LogP contribution in [0.5, 0.6) is 11.5 Å². The second-order valence-electron chi connectivity index (χ2n) is 26.4. The molecule has 2 aliphatic rings. The molecular formula is C88H76N2O2. The summed E-state index contributed by atoms with van der Waals surface area (Å²) in [7, 11) is 0. The Hall–Kier alpha value is -10.7. The van der Waals surface area contributed by atoms with Gasteiger partial charge in [0.15, 0.2) is 0 Å². The number of ether oxygens (including phenoxy) is 2. The van der Waals surface area contributed by atoms with Crippen LogP contribution in [0, 0.1) is 0 Å². The van der Waals surface area contributed by atoms with Crippen molar-refractivity contribution in [2.24, 2.45) is 0 Å². The monoisotopic (exact) mass is 1190 g/mol. The fourth-order valence-corrected chi connectivity index (χ4v) is 14.4. The summed E-state index contributed by atoms with van der Waals surface area (Å²) in [4.78, 5) is 4.79. The highest BCUT2D eigenvalue weighted by atomic mass is 16.5. The first-order chi connectivity index (χ1) is 44.8. The van der Waals surface area contributed by atoms with Crippen molar-refractivity contribution in [2.45, 2.75) is 63.2 Å². The van der Waals surface area contributed by atoms with Crippen molar-refractivity contribution in [3.8, 4) is 44.9 Å². The zero-order chi connectivity index (χ0) is 63.2. The highest BCUT2D eigenvalue weighted by Gasteiger charge is 2.48. The number of rotatable bonds is 17. The molecular weight excluding hydrogens is 1120 g/mol. The largest absolute Gasteiger partial charge is 0.490 e. The molecule has 0 amide bonds. The van der Waals surface area contributed by atoms with Crippen molar-refractivity contribution < 1.29 is 9.47 Å². The topological polar surface area (TPSA) is 24.9 Å². The van der Waals surface area contributed by atoms with Crippen LogP contribution >= 0.6 is 0 Å². The number of nitrogens with zero attached hydrogens (tertiary/aromatic N) is 2. The Bertz CT molecular complexity index is 4330. The molecule has 4 nitrogen and oxygen atoms in total. The molecule has 92 heavy (non-hydrogen) atoms. The SMILES string of the molecule is C=CCOc1ccc(C2(c3ccc(C(C)(C)C)cc3)c3ccccc3-c3ccc(N(c4ccccc4)c4ccc(-c5ccc(N(c6ccccc6)c6ccc7c(c6)C(c6ccc(OCC=C)cc6)(c6ccc(C(C)(C)C)cc6)c6ccccc6-7)cc5)cc4)cc32)cc1. The van der Waals surface area contributed by atoms with E-state index in [-0.39, 0.29) is 10.8 Å². The van der Waals surface area contributed by atoms with Crippen molar-refractivity contribution in [3.63, 3.8) is 0 Å². The third-order valence-electron chi connectivity index (χ3n) is 18.9. The summed E-state index contributed by atoms with van der Waals surface area (Å²) in [5.41, 5.74) is 24.7. The first-order valence-corrected chi connectivity index (χ1v) is 32.1. The van der Waals surface area contributed by atoms with Crippen molar-refractivity contribution in [3.05, 3.63) is 372 Å². The Balaban J connectivity index is 0.846. The van der Waals surface area contributed by atoms with Crippen LogP contribution in [0.4, 0.5) is 34.1 Å². The Morgan fingerprint density at radius 2 is 0.598 bits per heavy atom. The minimum absolute atomic E-state index is 0.00164. The minimum Gasteiger partial charge on any atom is -0.490 e. The summed E-state index contributed by atoms with van der Waals surface area (Å²) in [6, 6.07) is 108. The van der Waals surface area contributed by atoms with E-state index in [9.17, 15) is 0 Å². The van der Waals surface area contributed by atoms with Gasteiger partial charge >= 0.3 is 0 Å². The van der Waals surface area contributed by atoms with Crippen molar-refractivity contribution >= 4 is 34.1 Å². The summed E-state index contributed by atoms with van der Waals surface area (Å²) in [6.07, 6.45) is 3.58. The lowest BCUT2D eigenvalue weighted by Crippen LogP contribution is -2.29. The molecule has 0 saturated heterocycles. The van der Waals surface area contributed by atoms with Crippen LogP contribution in [0.25, 0.3) is 33.4 Å². The van der Waals surface area contributed by atoms with Crippen LogP contribution in [0.2, 0.25) is 0 Å². The van der Waals surface area contributed by atoms with Crippen molar-refractivity contribution in [1.82, 2.24) is 0 Å². The van der Waals surface area contributed by atoms with Gasteiger partial charge in [0.1, 0.15) is 24.7 Å². The maximum absolute atomic E-state index is 6.07. The smallest absolute Gasteiger partial charge is 0.119 e. The molecule has 12 aromatic rings. The number of fused-ring (bicyclic) bond motifs is 6. The number of hydrogen-bond donors (Lipinski definition) is 0. The Morgan fingerprint density at radius 1 is 0.304 bits per heavy atom. The van der Waals surface area contributed by atoms with E-state index in [1.54, 1.807) is 12.2 Å². The minimum atomic E-state index is -0.631. The lowest BCUT2D eigenvalue weighted by atomic mass is 9.67. The van der Waals surface area contributed by atoms with Gasteiger partial charge in [0, 0.05) is 34.1 Å². The number of hydrogen-bond acceptors (Lipinski definition) is 4. The van der Waals surface area contributed by atoms with Gasteiger partial charge in [-0.3, -0.25) is 0 Å². The highest BCUT2D eigenvalue weighted by Crippen LogP contribution is 2.60. The third-order valence-corrected chi connectivity index (χ3v) is 18.9. The number of benzene rings is 12. The molecule has 450 valence electrons. The van der Waals surface area contributed by atoms with Gasteiger partial charge < -0.3 is 19.3 Å². The molecule has 12 aromatic carbocycles. The molecule has 14 rings (SSSR count). The molecule has 0 heterocycles. The molecule has 2 atom stereocenters. The molecule has 0 fully saturated rings. The highest BCUT2D eigenvalue weighted by molar-refractivity contribution is 5.92. The van der Waals surface area contributed by atoms with Gasteiger partial charge in [-0.25, -0.2) is 0 Å². The zero-order valence-electron chi connectivity index (χ0n) is 53.4. The summed E-state index contributed by atoms with van der Waals surface area (Å²) >= 11 is 0. The van der Waals surface area contributed by atoms with E-state index in [4.69, 9.17) is 9.47 Å². The van der Waals surface area contributed by atoms with Crippen LogP contribution in [0.3, 0.4) is 0 Å². The van der Waals surface area contributed by atoms with E-state index >= 15 is 0 Å². The second-order valence-corrected chi connectivity index (χ2v) is 26.4. The van der Waals surface area contributed by atoms with Crippen LogP contribution in [0.1, 0.15) is 97.2 Å². The van der Waals surface area contributed by atoms with Crippen LogP contribution < -0.4 is 19.3 Å². The number of para-hydroxylation sites is 2. The van der Waals surface area contributed by atoms with E-state index in [1.807, 2.05) is 0 Å². The van der Waals surface area contributed by atoms with Gasteiger partial charge in [0.05, 0.1) is 10.8 Å². The predicted molar refractivity (Wildman–Crippen MR) is 385 cm³/mol. The molecule has 0 spiro atoms. The summed E-state index contributed by atoms with van der Waals surface area (Å²) in [5.74, 6) is 1.63. The summed E-state index contributed by atoms with van der Waals surface area (Å²) < 4.78 is 12.1. The number of anilines is 6. The quantitative estimate of drug-likeness (QED) is 0.0849. The Morgan fingerprint density at radius 3 is 0.935 bits per heavy atom. The second kappa shape index (κ2) is 23.9. The first-order valence-electron chi connectivity index (χ1n) is 32.1. The standard InChI is InChI=1S/C88H76N2O2/c1-9-57-91-75-51-41-67(42-52-75)87(65-37-33-63(34-38-65)85(3,4)5)81-27-19-17-25-77(81)79-55-49-73(59-83(79)87)89(69-21-13-11-14-22-69)71-45-29-61(30-46-71)62-31-47-72(48-32-62)90(70-23-15-12-16-24-70)74-50-56-80-78-26-18-20-28-82(78)88(84(80)60-74,66-39-35-64(36-40-66)86(6,7)8)68-43-53-76(54-44-68)92-58-10-2/h9-56,59-60H,1-2,57-58H2,3-8H3. The van der Waals surface area contributed by atoms with E-state index < -0.39 is 10.8 Å². The maximum atomic E-state index is 6.07. The van der Waals surface area contributed by atoms with E-state index in [0.29, 0.717) is 13.2 Å². The normalized spacial score (nSPS) is 15.3. The van der Waals surface area contributed by atoms with E-state index in [2.05, 4.69) is 356 Å². The molecule has 2 aliphatic carbocycles. The van der Waals surface area contributed by atoms with Crippen molar-refractivity contribution in [2.75, 3.05) is 23.0 Å². The zero-order valence-corrected chi connectivity index (χ0v) is 53.4. The van der Waals surface area contributed by atoms with Gasteiger partial charge in [-0.15, -0.1) is 0 Å². The molecule has 0 saturated carbocycles. The lowest BCUT2D eigenvalue weighted by Gasteiger charge is -2.35. The molecule has 0 aliphatic heterocycles. The van der Waals surface area contributed by atoms with E-state index in [0.717, 1.165) is 56.8 Å². The van der Waals surface area contributed by atoms with Gasteiger partial charge in [-0.1, -0.05) is 261 Å². The third kappa shape index (κ3) is 10.3. The van der Waals surface area contributed by atoms with Crippen LogP contribution in [-0.4, -0.2) is 13.2 Å². The first kappa shape index (κ1) is 59.0. The predicted octanol–water partition coefficient (Wildman–Crippen LogP) is 22.7. The summed E-state index contributed by atoms with van der Waals surface area (Å²) in [5, 5.41) is 0. The van der Waals surface area contributed by atoms with Crippen molar-refractivity contribution in [1.29, 1.82) is 0 Å². The Kier molecular flexibility index (Phi) is 15.3. The lowest BCUT2D eigenvalue weighted by molar-refractivity contribution is 0.363. The van der Waals surface area contributed by atoms with Gasteiger partial charge in [0.25, 0.3) is 0 Å². The average Bonchev–Trinajstić information content (AvgIpc) is 1.53. The fraction of sp³-hybridized carbons (Fsp3) is 0.136. The Labute approximate surface area is 543 Å². The molecule has 2 unspecified atom stereocenters. The van der Waals surface area contributed by atoms with E-state index in [1.165, 1.54) is 77.9 Å². The molecule has 4 heteroatoms. The fourth-order valence-electron chi connectivity index (χ4n) is 14.4. The van der Waals surface area contributed by atoms with Gasteiger partial charge in [0.2, 0.25) is 0 Å². The average molecular weight is 1190 g/mol. The molecule has 0 aromatic heterocycles. The van der Waals surface area contributed by atoms with Gasteiger partial charge in [-0.05, 0) is 197 Å². The van der Waals surface area contributed by atoms with Crippen LogP contribution in [0.15, 0.2) is 316 Å². The molecule has 0 N–H and O–H groups in total. The van der Waals surface area contributed by atoms with Crippen LogP contribution in [-0.2, 0) is 21.7 Å². The summed E-state index contributed by atoms with van der Waals surface area (Å²) in [6.45, 7) is 22.4.